The number of nitrogens with zero attached hydrogens (tertiary/aromatic N) is 5. The Balaban J connectivity index is 1.35. The Bertz CT molecular complexity index is 1300. The van der Waals surface area contributed by atoms with Gasteiger partial charge in [0, 0.05) is 5.92 Å². The highest BCUT2D eigenvalue weighted by molar-refractivity contribution is 7.51. The number of carbonyl (C=O) groups excluding carboxylic acids is 1. The minimum atomic E-state index is -4.42. The number of methoxy groups -OCH3 is 1. The average Bonchev–Trinajstić information content (AvgIpc) is 3.50. The number of nitrogen functional groups attached to an aromatic ring is 1. The van der Waals surface area contributed by atoms with E-state index in [-0.39, 0.29) is 30.4 Å². The van der Waals surface area contributed by atoms with E-state index in [2.05, 4.69) is 20.0 Å². The highest BCUT2D eigenvalue weighted by Crippen LogP contribution is 2.40. The van der Waals surface area contributed by atoms with E-state index >= 15 is 0 Å². The maximum absolute atomic E-state index is 12.6. The molecule has 0 fully saturated rings. The second-order valence-corrected chi connectivity index (χ2v) is 9.70. The summed E-state index contributed by atoms with van der Waals surface area (Å²) in [7, 11) is -1.53. The lowest BCUT2D eigenvalue weighted by molar-refractivity contribution is -0.122. The molecule has 4 rings (SSSR count). The van der Waals surface area contributed by atoms with Crippen LogP contribution in [0.4, 0.5) is 11.6 Å². The van der Waals surface area contributed by atoms with Crippen molar-refractivity contribution in [3.05, 3.63) is 48.8 Å². The van der Waals surface area contributed by atoms with Crippen molar-refractivity contribution in [2.75, 3.05) is 31.6 Å². The number of allylic oxidation sites excluding steroid dienone is 1. The second-order valence-electron chi connectivity index (χ2n) is 8.18. The molecule has 0 saturated heterocycles. The molecule has 1 aliphatic rings. The van der Waals surface area contributed by atoms with E-state index in [1.807, 2.05) is 22.8 Å². The zero-order valence-electron chi connectivity index (χ0n) is 20.0. The summed E-state index contributed by atoms with van der Waals surface area (Å²) in [6.07, 6.45) is 5.99. The molecule has 2 aromatic heterocycles. The number of ether oxygens (including phenoxy) is 1. The van der Waals surface area contributed by atoms with Crippen LogP contribution in [0.3, 0.4) is 0 Å². The maximum Gasteiger partial charge on any atom is 0.432 e. The van der Waals surface area contributed by atoms with Gasteiger partial charge < -0.3 is 19.9 Å². The standard InChI is InChI=1S/C22H28N7O6P/c1-14(29(34-3)16-7-5-4-6-8-16)20(30)27-36(31,32)35-12-15-9-10-17(11-15)28-13-24-18-19(28)25-22(23)26-21(18)33-2/h4-10,13-15,17H,11-12H2,1-3H3,(H2,23,25,26)(H2,27,30,31,32)/t14-,15+,17-/m0/s1. The van der Waals surface area contributed by atoms with Crippen molar-refractivity contribution in [1.29, 1.82) is 0 Å². The smallest absolute Gasteiger partial charge is 0.432 e. The molecule has 4 N–H and O–H groups in total. The number of fused-ring (bicyclic) bond motifs is 1. The van der Waals surface area contributed by atoms with Crippen molar-refractivity contribution in [3.63, 3.8) is 0 Å². The van der Waals surface area contributed by atoms with Crippen molar-refractivity contribution in [3.8, 4) is 5.88 Å². The first-order chi connectivity index (χ1) is 17.2. The number of nitrogens with two attached hydrogens (primary N) is 1. The number of hydroxylamine groups is 1. The molecule has 1 amide bonds. The third-order valence-corrected chi connectivity index (χ3v) is 6.76. The average molecular weight is 517 g/mol. The molecule has 2 heterocycles. The minimum Gasteiger partial charge on any atom is -0.479 e. The first kappa shape index (κ1) is 25.6. The lowest BCUT2D eigenvalue weighted by Crippen LogP contribution is -2.44. The Kier molecular flexibility index (Phi) is 7.55. The second kappa shape index (κ2) is 10.6. The summed E-state index contributed by atoms with van der Waals surface area (Å²) in [4.78, 5) is 40.8. The first-order valence-electron chi connectivity index (χ1n) is 11.1. The Hall–Kier alpha value is -3.51. The number of benzene rings is 1. The molecule has 13 nitrogen and oxygen atoms in total. The van der Waals surface area contributed by atoms with Crippen LogP contribution in [0.25, 0.3) is 11.2 Å². The van der Waals surface area contributed by atoms with Gasteiger partial charge in [0.1, 0.15) is 6.04 Å². The van der Waals surface area contributed by atoms with Crippen LogP contribution in [0.5, 0.6) is 5.88 Å². The summed E-state index contributed by atoms with van der Waals surface area (Å²) in [5, 5.41) is 3.42. The van der Waals surface area contributed by atoms with Crippen LogP contribution in [0, 0.1) is 5.92 Å². The lowest BCUT2D eigenvalue weighted by atomic mass is 10.1. The normalized spacial score (nSPS) is 19.7. The number of anilines is 2. The van der Waals surface area contributed by atoms with E-state index in [1.165, 1.54) is 19.3 Å². The molecule has 14 heteroatoms. The van der Waals surface area contributed by atoms with Gasteiger partial charge in [0.2, 0.25) is 11.8 Å². The molecule has 0 radical (unpaired) electrons. The number of amides is 1. The lowest BCUT2D eigenvalue weighted by Gasteiger charge is -2.28. The van der Waals surface area contributed by atoms with E-state index in [0.717, 1.165) is 0 Å². The quantitative estimate of drug-likeness (QED) is 0.205. The minimum absolute atomic E-state index is 0.0634. The fourth-order valence-electron chi connectivity index (χ4n) is 4.00. The van der Waals surface area contributed by atoms with Crippen molar-refractivity contribution < 1.29 is 28.4 Å². The number of hydrogen-bond acceptors (Lipinski definition) is 10. The van der Waals surface area contributed by atoms with E-state index in [1.54, 1.807) is 37.5 Å². The number of carbonyl (C=O) groups is 1. The van der Waals surface area contributed by atoms with Gasteiger partial charge >= 0.3 is 7.75 Å². The number of imidazole rings is 1. The number of aromatic nitrogens is 4. The molecule has 36 heavy (non-hydrogen) atoms. The van der Waals surface area contributed by atoms with Gasteiger partial charge in [-0.15, -0.1) is 0 Å². The van der Waals surface area contributed by atoms with Crippen LogP contribution in [-0.4, -0.2) is 57.2 Å². The fourth-order valence-corrected chi connectivity index (χ4v) is 4.93. The molecular weight excluding hydrogens is 489 g/mol. The maximum atomic E-state index is 12.6. The molecule has 1 aliphatic carbocycles. The van der Waals surface area contributed by atoms with Crippen molar-refractivity contribution >= 4 is 36.5 Å². The Morgan fingerprint density at radius 2 is 2.06 bits per heavy atom. The topological polar surface area (TPSA) is 167 Å². The molecule has 1 aromatic carbocycles. The van der Waals surface area contributed by atoms with Gasteiger partial charge in [0.15, 0.2) is 11.2 Å². The van der Waals surface area contributed by atoms with Crippen molar-refractivity contribution in [2.45, 2.75) is 25.4 Å². The Morgan fingerprint density at radius 3 is 2.75 bits per heavy atom. The zero-order chi connectivity index (χ0) is 25.9. The predicted molar refractivity (Wildman–Crippen MR) is 132 cm³/mol. The van der Waals surface area contributed by atoms with Crippen LogP contribution in [0.15, 0.2) is 48.8 Å². The highest BCUT2D eigenvalue weighted by Gasteiger charge is 2.31. The zero-order valence-corrected chi connectivity index (χ0v) is 20.9. The summed E-state index contributed by atoms with van der Waals surface area (Å²) in [6, 6.07) is 7.90. The monoisotopic (exact) mass is 517 g/mol. The third-order valence-electron chi connectivity index (χ3n) is 5.76. The van der Waals surface area contributed by atoms with Gasteiger partial charge in [-0.3, -0.25) is 19.2 Å². The summed E-state index contributed by atoms with van der Waals surface area (Å²) in [6.45, 7) is 1.48. The van der Waals surface area contributed by atoms with Crippen molar-refractivity contribution in [1.82, 2.24) is 24.6 Å². The van der Waals surface area contributed by atoms with Crippen LogP contribution >= 0.6 is 7.75 Å². The van der Waals surface area contributed by atoms with Crippen LogP contribution in [-0.2, 0) is 18.7 Å². The number of para-hydroxylation sites is 1. The van der Waals surface area contributed by atoms with Crippen molar-refractivity contribution in [2.24, 2.45) is 5.92 Å². The third kappa shape index (κ3) is 5.49. The van der Waals surface area contributed by atoms with Gasteiger partial charge in [0.25, 0.3) is 5.91 Å². The summed E-state index contributed by atoms with van der Waals surface area (Å²) < 4.78 is 24.9. The molecule has 0 spiro atoms. The van der Waals surface area contributed by atoms with E-state index in [4.69, 9.17) is 19.8 Å². The largest absolute Gasteiger partial charge is 0.479 e. The molecule has 1 unspecified atom stereocenters. The molecule has 0 saturated carbocycles. The van der Waals surface area contributed by atoms with E-state index < -0.39 is 19.7 Å². The van der Waals surface area contributed by atoms with Crippen LogP contribution < -0.4 is 20.6 Å². The summed E-state index contributed by atoms with van der Waals surface area (Å²) in [5.41, 5.74) is 7.41. The predicted octanol–water partition coefficient (Wildman–Crippen LogP) is 2.22. The molecule has 0 aliphatic heterocycles. The molecule has 4 atom stereocenters. The number of hydrogen-bond donors (Lipinski definition) is 3. The van der Waals surface area contributed by atoms with Gasteiger partial charge in [-0.2, -0.15) is 9.97 Å². The fraction of sp³-hybridized carbons (Fsp3) is 0.364. The number of nitrogens with one attached hydrogen (secondary N) is 1. The SMILES string of the molecule is COc1nc(N)nc2c1ncn2[C@H]1C=C[C@@H](COP(=O)(O)NC(=O)[C@H](C)N(OC)c2ccccc2)C1. The molecular formula is C22H28N7O6P. The number of rotatable bonds is 10. The van der Waals surface area contributed by atoms with Crippen LogP contribution in [0.2, 0.25) is 0 Å². The van der Waals surface area contributed by atoms with Gasteiger partial charge in [-0.1, -0.05) is 30.4 Å². The van der Waals surface area contributed by atoms with E-state index in [0.29, 0.717) is 23.3 Å². The molecule has 192 valence electrons. The van der Waals surface area contributed by atoms with Crippen LogP contribution in [0.1, 0.15) is 19.4 Å². The van der Waals surface area contributed by atoms with Gasteiger partial charge in [-0.25, -0.2) is 14.6 Å². The Labute approximate surface area is 207 Å². The first-order valence-corrected chi connectivity index (χ1v) is 12.7. The Morgan fingerprint density at radius 1 is 1.31 bits per heavy atom. The van der Waals surface area contributed by atoms with E-state index in [9.17, 15) is 14.3 Å². The van der Waals surface area contributed by atoms with Gasteiger partial charge in [0.05, 0.1) is 38.9 Å². The molecule has 3 aromatic rings. The molecule has 0 bridgehead atoms. The highest BCUT2D eigenvalue weighted by atomic mass is 31.2. The van der Waals surface area contributed by atoms with Gasteiger partial charge in [-0.05, 0) is 25.5 Å². The summed E-state index contributed by atoms with van der Waals surface area (Å²) in [5.74, 6) is -0.553. The summed E-state index contributed by atoms with van der Waals surface area (Å²) >= 11 is 0.